The number of rotatable bonds is 2. The van der Waals surface area contributed by atoms with E-state index in [1.165, 1.54) is 6.08 Å². The Morgan fingerprint density at radius 1 is 1.50 bits per heavy atom. The van der Waals surface area contributed by atoms with Gasteiger partial charge in [-0.15, -0.1) is 0 Å². The van der Waals surface area contributed by atoms with E-state index in [0.29, 0.717) is 0 Å². The summed E-state index contributed by atoms with van der Waals surface area (Å²) in [6, 6.07) is 0. The first kappa shape index (κ1) is 6.95. The van der Waals surface area contributed by atoms with Gasteiger partial charge in [-0.2, -0.15) is 0 Å². The Hall–Kier alpha value is -1.05. The first-order valence-corrected chi connectivity index (χ1v) is 2.29. The number of hydrogen-bond acceptors (Lipinski definition) is 1. The van der Waals surface area contributed by atoms with Crippen LogP contribution in [-0.4, -0.2) is 11.1 Å². The zero-order valence-electron chi connectivity index (χ0n) is 4.66. The minimum absolute atomic E-state index is 0.914. The van der Waals surface area contributed by atoms with Crippen molar-refractivity contribution in [3.63, 3.8) is 0 Å². The van der Waals surface area contributed by atoms with Crippen LogP contribution in [0.3, 0.4) is 0 Å². The van der Waals surface area contributed by atoms with Crippen LogP contribution in [0.25, 0.3) is 0 Å². The van der Waals surface area contributed by atoms with Crippen molar-refractivity contribution in [1.82, 2.24) is 0 Å². The summed E-state index contributed by atoms with van der Waals surface area (Å²) in [6.45, 7) is 1.83. The minimum atomic E-state index is -0.914. The second kappa shape index (κ2) is 4.12. The van der Waals surface area contributed by atoms with Crippen LogP contribution in [0.1, 0.15) is 6.92 Å². The van der Waals surface area contributed by atoms with Crippen molar-refractivity contribution >= 4 is 5.97 Å². The van der Waals surface area contributed by atoms with E-state index >= 15 is 0 Å². The second-order valence-corrected chi connectivity index (χ2v) is 1.22. The molecular formula is C6H8O2. The van der Waals surface area contributed by atoms with Crippen LogP contribution in [0.2, 0.25) is 0 Å². The second-order valence-electron chi connectivity index (χ2n) is 1.22. The van der Waals surface area contributed by atoms with Crippen molar-refractivity contribution < 1.29 is 9.90 Å². The van der Waals surface area contributed by atoms with Gasteiger partial charge < -0.3 is 5.11 Å². The van der Waals surface area contributed by atoms with E-state index in [-0.39, 0.29) is 0 Å². The number of carbonyl (C=O) groups is 1. The Kier molecular flexibility index (Phi) is 3.58. The summed E-state index contributed by atoms with van der Waals surface area (Å²) in [5.41, 5.74) is 0. The molecule has 0 amide bonds. The maximum absolute atomic E-state index is 9.75. The van der Waals surface area contributed by atoms with Crippen LogP contribution in [0.5, 0.6) is 0 Å². The third-order valence-electron chi connectivity index (χ3n) is 0.542. The maximum atomic E-state index is 9.75. The minimum Gasteiger partial charge on any atom is -0.478 e. The van der Waals surface area contributed by atoms with Crippen LogP contribution in [-0.2, 0) is 4.79 Å². The smallest absolute Gasteiger partial charge is 0.328 e. The Labute approximate surface area is 48.1 Å². The van der Waals surface area contributed by atoms with Gasteiger partial charge >= 0.3 is 5.97 Å². The van der Waals surface area contributed by atoms with Crippen molar-refractivity contribution in [2.75, 3.05) is 0 Å². The Morgan fingerprint density at radius 2 is 2.12 bits per heavy atom. The van der Waals surface area contributed by atoms with Gasteiger partial charge in [0.15, 0.2) is 0 Å². The average molecular weight is 112 g/mol. The molecule has 0 unspecified atom stereocenters. The van der Waals surface area contributed by atoms with Crippen molar-refractivity contribution in [1.29, 1.82) is 0 Å². The topological polar surface area (TPSA) is 37.3 Å². The molecule has 44 valence electrons. The molecule has 0 saturated carbocycles. The van der Waals surface area contributed by atoms with Crippen LogP contribution < -0.4 is 0 Å². The quantitative estimate of drug-likeness (QED) is 0.430. The molecule has 0 aliphatic rings. The third kappa shape index (κ3) is 4.95. The summed E-state index contributed by atoms with van der Waals surface area (Å²) in [5, 5.41) is 8.02. The first-order chi connectivity index (χ1) is 3.77. The lowest BCUT2D eigenvalue weighted by atomic mass is 10.4. The van der Waals surface area contributed by atoms with E-state index in [1.54, 1.807) is 12.2 Å². The summed E-state index contributed by atoms with van der Waals surface area (Å²) in [4.78, 5) is 9.75. The highest BCUT2D eigenvalue weighted by molar-refractivity contribution is 5.80. The lowest BCUT2D eigenvalue weighted by Crippen LogP contribution is -1.83. The van der Waals surface area contributed by atoms with Gasteiger partial charge in [-0.25, -0.2) is 4.79 Å². The Bertz CT molecular complexity index is 122. The summed E-state index contributed by atoms with van der Waals surface area (Å²) >= 11 is 0. The standard InChI is InChI=1S/C6H8O2/c1-2-3-4-5-6(7)8/h2-5H,1H3,(H,7,8)/b3-2+,5-4-. The summed E-state index contributed by atoms with van der Waals surface area (Å²) in [7, 11) is 0. The Balaban J connectivity index is 3.50. The van der Waals surface area contributed by atoms with Crippen LogP contribution in [0.15, 0.2) is 24.3 Å². The fourth-order valence-electron chi connectivity index (χ4n) is 0.249. The molecule has 0 radical (unpaired) electrons. The van der Waals surface area contributed by atoms with Crippen molar-refractivity contribution in [3.8, 4) is 0 Å². The van der Waals surface area contributed by atoms with E-state index in [2.05, 4.69) is 0 Å². The lowest BCUT2D eigenvalue weighted by Gasteiger charge is -1.72. The van der Waals surface area contributed by atoms with Crippen molar-refractivity contribution in [2.45, 2.75) is 6.92 Å². The number of carboxylic acid groups (broad SMARTS) is 1. The molecule has 2 nitrogen and oxygen atoms in total. The van der Waals surface area contributed by atoms with Gasteiger partial charge in [0.1, 0.15) is 0 Å². The Morgan fingerprint density at radius 3 is 2.50 bits per heavy atom. The molecule has 0 spiro atoms. The molecule has 0 aliphatic carbocycles. The predicted octanol–water partition coefficient (Wildman–Crippen LogP) is 1.20. The molecule has 0 aliphatic heterocycles. The molecule has 1 N–H and O–H groups in total. The van der Waals surface area contributed by atoms with E-state index < -0.39 is 5.97 Å². The SMILES string of the molecule is C/C=C/C=C\C(=O)O. The van der Waals surface area contributed by atoms with E-state index in [1.807, 2.05) is 6.92 Å². The van der Waals surface area contributed by atoms with Gasteiger partial charge in [0.25, 0.3) is 0 Å². The van der Waals surface area contributed by atoms with Crippen LogP contribution in [0.4, 0.5) is 0 Å². The third-order valence-corrected chi connectivity index (χ3v) is 0.542. The van der Waals surface area contributed by atoms with Gasteiger partial charge in [-0.1, -0.05) is 18.2 Å². The van der Waals surface area contributed by atoms with Crippen molar-refractivity contribution in [3.05, 3.63) is 24.3 Å². The molecule has 8 heavy (non-hydrogen) atoms. The van der Waals surface area contributed by atoms with Crippen molar-refractivity contribution in [2.24, 2.45) is 0 Å². The molecule has 0 fully saturated rings. The molecule has 0 aromatic heterocycles. The van der Waals surface area contributed by atoms with Gasteiger partial charge in [0.05, 0.1) is 0 Å². The normalized spacial score (nSPS) is 11.1. The zero-order valence-corrected chi connectivity index (χ0v) is 4.66. The highest BCUT2D eigenvalue weighted by Crippen LogP contribution is 1.74. The molecule has 0 atom stereocenters. The van der Waals surface area contributed by atoms with Crippen LogP contribution >= 0.6 is 0 Å². The molecule has 0 aromatic carbocycles. The van der Waals surface area contributed by atoms with Gasteiger partial charge in [-0.3, -0.25) is 0 Å². The summed E-state index contributed by atoms with van der Waals surface area (Å²) in [6.07, 6.45) is 5.98. The highest BCUT2D eigenvalue weighted by atomic mass is 16.4. The largest absolute Gasteiger partial charge is 0.478 e. The number of aliphatic carboxylic acids is 1. The number of allylic oxidation sites excluding steroid dienone is 3. The lowest BCUT2D eigenvalue weighted by molar-refractivity contribution is -0.131. The molecule has 0 saturated heterocycles. The molecule has 2 heteroatoms. The molecule has 0 bridgehead atoms. The molecular weight excluding hydrogens is 104 g/mol. The number of hydrogen-bond donors (Lipinski definition) is 1. The maximum Gasteiger partial charge on any atom is 0.328 e. The van der Waals surface area contributed by atoms with Gasteiger partial charge in [0.2, 0.25) is 0 Å². The molecule has 0 rings (SSSR count). The van der Waals surface area contributed by atoms with E-state index in [0.717, 1.165) is 6.08 Å². The van der Waals surface area contributed by atoms with Gasteiger partial charge in [-0.05, 0) is 6.92 Å². The average Bonchev–Trinajstić information content (AvgIpc) is 1.66. The zero-order chi connectivity index (χ0) is 6.41. The number of carboxylic acids is 1. The van der Waals surface area contributed by atoms with E-state index in [9.17, 15) is 4.79 Å². The monoisotopic (exact) mass is 112 g/mol. The fraction of sp³-hybridized carbons (Fsp3) is 0.167. The highest BCUT2D eigenvalue weighted by Gasteiger charge is 1.78. The van der Waals surface area contributed by atoms with Gasteiger partial charge in [0, 0.05) is 6.08 Å². The molecule has 0 heterocycles. The van der Waals surface area contributed by atoms with Crippen LogP contribution in [0, 0.1) is 0 Å². The summed E-state index contributed by atoms with van der Waals surface area (Å²) in [5.74, 6) is -0.914. The first-order valence-electron chi connectivity index (χ1n) is 2.29. The predicted molar refractivity (Wildman–Crippen MR) is 31.6 cm³/mol. The fourth-order valence-corrected chi connectivity index (χ4v) is 0.249. The van der Waals surface area contributed by atoms with E-state index in [4.69, 9.17) is 5.11 Å². The summed E-state index contributed by atoms with van der Waals surface area (Å²) < 4.78 is 0. The molecule has 0 aromatic rings.